The SMILES string of the molecule is O=c1cc(O)c2cc(Br)ccc2o1.O=c1cc(OS(=O)(=O)C(F)(F)F)c2cc(Br)ccc2o1. The fourth-order valence-electron chi connectivity index (χ4n) is 2.46. The molecular formula is C19H9Br2F3O8S. The van der Waals surface area contributed by atoms with Crippen LogP contribution in [0.5, 0.6) is 11.5 Å². The van der Waals surface area contributed by atoms with Crippen molar-refractivity contribution in [2.45, 2.75) is 5.51 Å². The molecule has 0 bridgehead atoms. The molecule has 0 aliphatic carbocycles. The summed E-state index contributed by atoms with van der Waals surface area (Å²) >= 11 is 6.31. The van der Waals surface area contributed by atoms with Gasteiger partial charge in [-0.1, -0.05) is 31.9 Å². The number of hydrogen-bond acceptors (Lipinski definition) is 8. The minimum absolute atomic E-state index is 0.0625. The summed E-state index contributed by atoms with van der Waals surface area (Å²) in [5.74, 6) is -0.817. The molecule has 4 rings (SSSR count). The molecule has 2 aromatic carbocycles. The van der Waals surface area contributed by atoms with Crippen molar-refractivity contribution >= 4 is 63.9 Å². The number of fused-ring (bicyclic) bond motifs is 2. The lowest BCUT2D eigenvalue weighted by molar-refractivity contribution is -0.0499. The van der Waals surface area contributed by atoms with Gasteiger partial charge in [0.2, 0.25) is 0 Å². The van der Waals surface area contributed by atoms with Gasteiger partial charge in [-0.3, -0.25) is 0 Å². The fraction of sp³-hybridized carbons (Fsp3) is 0.0526. The maximum Gasteiger partial charge on any atom is 0.534 e. The molecule has 0 unspecified atom stereocenters. The highest BCUT2D eigenvalue weighted by molar-refractivity contribution is 9.10. The van der Waals surface area contributed by atoms with Gasteiger partial charge >= 0.3 is 26.9 Å². The molecule has 0 spiro atoms. The highest BCUT2D eigenvalue weighted by Gasteiger charge is 2.48. The molecule has 1 N–H and O–H groups in total. The smallest absolute Gasteiger partial charge is 0.507 e. The summed E-state index contributed by atoms with van der Waals surface area (Å²) in [7, 11) is -5.87. The lowest BCUT2D eigenvalue weighted by Gasteiger charge is -2.10. The predicted molar refractivity (Wildman–Crippen MR) is 118 cm³/mol. The molecule has 0 radical (unpaired) electrons. The summed E-state index contributed by atoms with van der Waals surface area (Å²) in [5, 5.41) is 9.83. The molecule has 8 nitrogen and oxygen atoms in total. The summed E-state index contributed by atoms with van der Waals surface area (Å²) in [6.07, 6.45) is 0. The Morgan fingerprint density at radius 2 is 1.30 bits per heavy atom. The van der Waals surface area contributed by atoms with Gasteiger partial charge < -0.3 is 18.1 Å². The molecule has 0 aliphatic rings. The van der Waals surface area contributed by atoms with Gasteiger partial charge in [-0.05, 0) is 36.4 Å². The third kappa shape index (κ3) is 5.75. The zero-order chi connectivity index (χ0) is 24.6. The molecule has 33 heavy (non-hydrogen) atoms. The van der Waals surface area contributed by atoms with Crippen molar-refractivity contribution in [1.82, 2.24) is 0 Å². The lowest BCUT2D eigenvalue weighted by Crippen LogP contribution is -2.28. The average Bonchev–Trinajstić information content (AvgIpc) is 2.68. The van der Waals surface area contributed by atoms with E-state index in [1.807, 2.05) is 0 Å². The van der Waals surface area contributed by atoms with Crippen LogP contribution in [0, 0.1) is 0 Å². The largest absolute Gasteiger partial charge is 0.534 e. The van der Waals surface area contributed by atoms with Gasteiger partial charge in [-0.25, -0.2) is 9.59 Å². The second kappa shape index (κ2) is 9.19. The van der Waals surface area contributed by atoms with Crippen molar-refractivity contribution in [2.75, 3.05) is 0 Å². The highest BCUT2D eigenvalue weighted by atomic mass is 79.9. The number of hydrogen-bond donors (Lipinski definition) is 1. The molecule has 0 amide bonds. The fourth-order valence-corrected chi connectivity index (χ4v) is 3.65. The van der Waals surface area contributed by atoms with Crippen molar-refractivity contribution in [3.05, 3.63) is 78.3 Å². The topological polar surface area (TPSA) is 124 Å². The second-order valence-electron chi connectivity index (χ2n) is 6.14. The quantitative estimate of drug-likeness (QED) is 0.189. The Hall–Kier alpha value is -2.84. The van der Waals surface area contributed by atoms with E-state index < -0.39 is 32.6 Å². The van der Waals surface area contributed by atoms with Gasteiger partial charge in [0.1, 0.15) is 16.9 Å². The summed E-state index contributed by atoms with van der Waals surface area (Å²) < 4.78 is 73.6. The van der Waals surface area contributed by atoms with Crippen molar-refractivity contribution in [1.29, 1.82) is 0 Å². The zero-order valence-corrected chi connectivity index (χ0v) is 19.7. The third-order valence-corrected chi connectivity index (χ3v) is 5.78. The van der Waals surface area contributed by atoms with Crippen molar-refractivity contribution < 1.29 is 39.7 Å². The number of rotatable bonds is 2. The van der Waals surface area contributed by atoms with E-state index in [0.717, 1.165) is 10.5 Å². The number of benzene rings is 2. The van der Waals surface area contributed by atoms with E-state index in [0.29, 0.717) is 21.5 Å². The molecule has 0 atom stereocenters. The standard InChI is InChI=1S/C10H4BrF3O5S.C9H5BrO3/c11-5-1-2-7-6(3-5)8(4-9(15)18-7)19-20(16,17)10(12,13)14;10-5-1-2-8-6(3-5)7(11)4-9(12)13-8/h1-4H;1-4,11H. The first-order chi connectivity index (χ1) is 15.3. The van der Waals surface area contributed by atoms with E-state index in [9.17, 15) is 36.3 Å². The first kappa shape index (κ1) is 24.8. The van der Waals surface area contributed by atoms with Crippen molar-refractivity contribution in [3.63, 3.8) is 0 Å². The van der Waals surface area contributed by atoms with E-state index in [2.05, 4.69) is 36.0 Å². The second-order valence-corrected chi connectivity index (χ2v) is 9.51. The first-order valence-electron chi connectivity index (χ1n) is 8.43. The Bertz CT molecular complexity index is 1580. The Kier molecular flexibility index (Phi) is 6.91. The number of halogens is 5. The number of aromatic hydroxyl groups is 1. The number of alkyl halides is 3. The Labute approximate surface area is 198 Å². The third-order valence-electron chi connectivity index (χ3n) is 3.83. The van der Waals surface area contributed by atoms with Crippen LogP contribution in [0.2, 0.25) is 0 Å². The van der Waals surface area contributed by atoms with Gasteiger partial charge in [0.25, 0.3) is 0 Å². The molecule has 0 saturated heterocycles. The van der Waals surface area contributed by atoms with Crippen LogP contribution < -0.4 is 15.4 Å². The van der Waals surface area contributed by atoms with Crippen molar-refractivity contribution in [2.24, 2.45) is 0 Å². The molecule has 0 saturated carbocycles. The molecule has 2 aromatic heterocycles. The Balaban J connectivity index is 0.000000203. The molecular weight excluding hydrogens is 605 g/mol. The molecule has 4 aromatic rings. The van der Waals surface area contributed by atoms with Gasteiger partial charge in [-0.2, -0.15) is 21.6 Å². The monoisotopic (exact) mass is 612 g/mol. The molecule has 2 heterocycles. The maximum absolute atomic E-state index is 12.3. The van der Waals surface area contributed by atoms with E-state index in [-0.39, 0.29) is 16.7 Å². The molecule has 0 fully saturated rings. The molecule has 0 aliphatic heterocycles. The molecule has 14 heteroatoms. The Morgan fingerprint density at radius 1 is 0.818 bits per heavy atom. The van der Waals surface area contributed by atoms with Crippen LogP contribution in [0.25, 0.3) is 21.9 Å². The van der Waals surface area contributed by atoms with Gasteiger partial charge in [-0.15, -0.1) is 0 Å². The maximum atomic E-state index is 12.3. The van der Waals surface area contributed by atoms with Gasteiger partial charge in [0.15, 0.2) is 5.75 Å². The van der Waals surface area contributed by atoms with E-state index in [1.54, 1.807) is 18.2 Å². The van der Waals surface area contributed by atoms with Crippen LogP contribution in [-0.4, -0.2) is 19.0 Å². The highest BCUT2D eigenvalue weighted by Crippen LogP contribution is 2.32. The van der Waals surface area contributed by atoms with Crippen LogP contribution in [0.15, 0.2) is 75.9 Å². The summed E-state index contributed by atoms with van der Waals surface area (Å²) in [5.41, 5.74) is -6.90. The summed E-state index contributed by atoms with van der Waals surface area (Å²) in [6.45, 7) is 0. The van der Waals surface area contributed by atoms with Crippen LogP contribution in [0.1, 0.15) is 0 Å². The summed E-state index contributed by atoms with van der Waals surface area (Å²) in [4.78, 5) is 22.0. The predicted octanol–water partition coefficient (Wildman–Crippen LogP) is 5.05. The van der Waals surface area contributed by atoms with E-state index >= 15 is 0 Å². The lowest BCUT2D eigenvalue weighted by atomic mass is 10.2. The first-order valence-corrected chi connectivity index (χ1v) is 11.4. The van der Waals surface area contributed by atoms with E-state index in [4.69, 9.17) is 8.83 Å². The van der Waals surface area contributed by atoms with Gasteiger partial charge in [0.05, 0.1) is 22.9 Å². The average molecular weight is 614 g/mol. The summed E-state index contributed by atoms with van der Waals surface area (Å²) in [6, 6.07) is 10.6. The van der Waals surface area contributed by atoms with Crippen LogP contribution in [0.3, 0.4) is 0 Å². The zero-order valence-electron chi connectivity index (χ0n) is 15.7. The minimum atomic E-state index is -5.87. The van der Waals surface area contributed by atoms with E-state index in [1.165, 1.54) is 18.2 Å². The van der Waals surface area contributed by atoms with Crippen LogP contribution in [-0.2, 0) is 10.1 Å². The molecule has 174 valence electrons. The normalized spacial score (nSPS) is 11.8. The van der Waals surface area contributed by atoms with Gasteiger partial charge in [0, 0.05) is 8.95 Å². The van der Waals surface area contributed by atoms with Crippen LogP contribution in [0.4, 0.5) is 13.2 Å². The minimum Gasteiger partial charge on any atom is -0.507 e. The van der Waals surface area contributed by atoms with Crippen LogP contribution >= 0.6 is 31.9 Å². The Morgan fingerprint density at radius 3 is 1.85 bits per heavy atom. The van der Waals surface area contributed by atoms with Crippen molar-refractivity contribution in [3.8, 4) is 11.5 Å².